The van der Waals surface area contributed by atoms with Crippen molar-refractivity contribution in [3.63, 3.8) is 0 Å². The second-order valence-electron chi connectivity index (χ2n) is 3.85. The standard InChI is InChI=1S/C13H9N3O3/c17-12(18)10-7-19-13(16-10)15-9-5-1-3-8-4-2-6-14-11(8)9/h1-7H,(H,15,16)(H,17,18). The van der Waals surface area contributed by atoms with Crippen LogP contribution in [0.3, 0.4) is 0 Å². The number of fused-ring (bicyclic) bond motifs is 1. The summed E-state index contributed by atoms with van der Waals surface area (Å²) in [7, 11) is 0. The van der Waals surface area contributed by atoms with Crippen molar-refractivity contribution in [2.24, 2.45) is 0 Å². The molecule has 3 rings (SSSR count). The Hall–Kier alpha value is -2.89. The van der Waals surface area contributed by atoms with Crippen LogP contribution in [0.5, 0.6) is 0 Å². The Morgan fingerprint density at radius 2 is 2.11 bits per heavy atom. The van der Waals surface area contributed by atoms with E-state index in [1.807, 2.05) is 30.3 Å². The van der Waals surface area contributed by atoms with Gasteiger partial charge in [-0.3, -0.25) is 4.98 Å². The zero-order chi connectivity index (χ0) is 13.2. The summed E-state index contributed by atoms with van der Waals surface area (Å²) in [6.45, 7) is 0. The van der Waals surface area contributed by atoms with Gasteiger partial charge in [-0.2, -0.15) is 4.98 Å². The molecule has 0 aliphatic rings. The maximum Gasteiger partial charge on any atom is 0.357 e. The van der Waals surface area contributed by atoms with Gasteiger partial charge in [-0.15, -0.1) is 0 Å². The summed E-state index contributed by atoms with van der Waals surface area (Å²) in [6.07, 6.45) is 2.77. The summed E-state index contributed by atoms with van der Waals surface area (Å²) >= 11 is 0. The highest BCUT2D eigenvalue weighted by Gasteiger charge is 2.11. The molecule has 0 unspecified atom stereocenters. The Balaban J connectivity index is 1.98. The predicted octanol–water partition coefficient (Wildman–Crippen LogP) is 2.66. The molecule has 3 aromatic rings. The number of hydrogen-bond acceptors (Lipinski definition) is 5. The highest BCUT2D eigenvalue weighted by atomic mass is 16.4. The van der Waals surface area contributed by atoms with E-state index < -0.39 is 5.97 Å². The normalized spacial score (nSPS) is 10.5. The van der Waals surface area contributed by atoms with Crippen molar-refractivity contribution >= 4 is 28.6 Å². The summed E-state index contributed by atoms with van der Waals surface area (Å²) in [6, 6.07) is 9.53. The lowest BCUT2D eigenvalue weighted by molar-refractivity contribution is 0.0690. The number of carboxylic acid groups (broad SMARTS) is 1. The maximum absolute atomic E-state index is 10.7. The number of anilines is 2. The van der Waals surface area contributed by atoms with E-state index in [1.165, 1.54) is 0 Å². The van der Waals surface area contributed by atoms with Gasteiger partial charge in [0.15, 0.2) is 5.69 Å². The molecule has 2 aromatic heterocycles. The van der Waals surface area contributed by atoms with E-state index in [9.17, 15) is 4.79 Å². The van der Waals surface area contributed by atoms with Crippen LogP contribution in [0.1, 0.15) is 10.5 Å². The third-order valence-electron chi connectivity index (χ3n) is 2.60. The fourth-order valence-electron chi connectivity index (χ4n) is 1.75. The molecular formula is C13H9N3O3. The number of aromatic nitrogens is 2. The molecule has 19 heavy (non-hydrogen) atoms. The van der Waals surface area contributed by atoms with Gasteiger partial charge in [-0.25, -0.2) is 4.79 Å². The number of pyridine rings is 1. The highest BCUT2D eigenvalue weighted by Crippen LogP contribution is 2.24. The molecule has 0 amide bonds. The number of benzene rings is 1. The number of carboxylic acids is 1. The van der Waals surface area contributed by atoms with Gasteiger partial charge < -0.3 is 14.8 Å². The van der Waals surface area contributed by atoms with Gasteiger partial charge in [0.25, 0.3) is 6.01 Å². The molecular weight excluding hydrogens is 246 g/mol. The molecule has 6 nitrogen and oxygen atoms in total. The van der Waals surface area contributed by atoms with E-state index in [-0.39, 0.29) is 11.7 Å². The van der Waals surface area contributed by atoms with Crippen LogP contribution in [-0.4, -0.2) is 21.0 Å². The van der Waals surface area contributed by atoms with Gasteiger partial charge in [-0.1, -0.05) is 18.2 Å². The Labute approximate surface area is 107 Å². The van der Waals surface area contributed by atoms with Gasteiger partial charge in [0.05, 0.1) is 11.2 Å². The summed E-state index contributed by atoms with van der Waals surface area (Å²) in [5.41, 5.74) is 1.33. The number of rotatable bonds is 3. The lowest BCUT2D eigenvalue weighted by Gasteiger charge is -2.04. The molecule has 0 saturated heterocycles. The number of para-hydroxylation sites is 1. The molecule has 94 valence electrons. The van der Waals surface area contributed by atoms with Crippen LogP contribution in [-0.2, 0) is 0 Å². The van der Waals surface area contributed by atoms with Gasteiger partial charge >= 0.3 is 5.97 Å². The monoisotopic (exact) mass is 255 g/mol. The molecule has 0 spiro atoms. The predicted molar refractivity (Wildman–Crippen MR) is 68.5 cm³/mol. The summed E-state index contributed by atoms with van der Waals surface area (Å²) in [4.78, 5) is 18.8. The molecule has 0 aliphatic carbocycles. The van der Waals surface area contributed by atoms with E-state index >= 15 is 0 Å². The molecule has 1 aromatic carbocycles. The van der Waals surface area contributed by atoms with Crippen molar-refractivity contribution in [3.8, 4) is 0 Å². The van der Waals surface area contributed by atoms with Crippen molar-refractivity contribution < 1.29 is 14.3 Å². The molecule has 0 saturated carbocycles. The largest absolute Gasteiger partial charge is 0.476 e. The third kappa shape index (κ3) is 2.11. The summed E-state index contributed by atoms with van der Waals surface area (Å²) in [5.74, 6) is -1.13. The van der Waals surface area contributed by atoms with Gasteiger partial charge in [-0.05, 0) is 12.1 Å². The first kappa shape index (κ1) is 11.2. The minimum atomic E-state index is -1.13. The van der Waals surface area contributed by atoms with Gasteiger partial charge in [0.1, 0.15) is 6.26 Å². The van der Waals surface area contributed by atoms with E-state index in [1.54, 1.807) is 6.20 Å². The average molecular weight is 255 g/mol. The van der Waals surface area contributed by atoms with Crippen LogP contribution in [0.25, 0.3) is 10.9 Å². The molecule has 0 bridgehead atoms. The van der Waals surface area contributed by atoms with Crippen LogP contribution in [0.4, 0.5) is 11.7 Å². The van der Waals surface area contributed by atoms with Crippen molar-refractivity contribution in [2.75, 3.05) is 5.32 Å². The number of carbonyl (C=O) groups is 1. The second-order valence-corrected chi connectivity index (χ2v) is 3.85. The van der Waals surface area contributed by atoms with Gasteiger partial charge in [0, 0.05) is 11.6 Å². The molecule has 6 heteroatoms. The molecule has 2 N–H and O–H groups in total. The first-order chi connectivity index (χ1) is 9.24. The Kier molecular flexibility index (Phi) is 2.60. The molecule has 0 atom stereocenters. The lowest BCUT2D eigenvalue weighted by Crippen LogP contribution is -1.97. The number of oxazole rings is 1. The number of nitrogens with one attached hydrogen (secondary N) is 1. The van der Waals surface area contributed by atoms with Crippen molar-refractivity contribution in [1.82, 2.24) is 9.97 Å². The molecule has 0 fully saturated rings. The summed E-state index contributed by atoms with van der Waals surface area (Å²) < 4.78 is 5.05. The Morgan fingerprint density at radius 1 is 1.26 bits per heavy atom. The van der Waals surface area contributed by atoms with E-state index in [0.717, 1.165) is 17.2 Å². The zero-order valence-corrected chi connectivity index (χ0v) is 9.70. The number of aromatic carboxylic acids is 1. The smallest absolute Gasteiger partial charge is 0.357 e. The quantitative estimate of drug-likeness (QED) is 0.748. The zero-order valence-electron chi connectivity index (χ0n) is 9.70. The van der Waals surface area contributed by atoms with Crippen molar-refractivity contribution in [3.05, 3.63) is 48.5 Å². The topological polar surface area (TPSA) is 88.2 Å². The average Bonchev–Trinajstić information content (AvgIpc) is 2.88. The van der Waals surface area contributed by atoms with Crippen LogP contribution in [0, 0.1) is 0 Å². The fraction of sp³-hybridized carbons (Fsp3) is 0. The SMILES string of the molecule is O=C(O)c1coc(Nc2cccc3cccnc23)n1. The highest BCUT2D eigenvalue weighted by molar-refractivity contribution is 5.91. The molecule has 0 radical (unpaired) electrons. The van der Waals surface area contributed by atoms with E-state index in [4.69, 9.17) is 9.52 Å². The maximum atomic E-state index is 10.7. The number of hydrogen-bond donors (Lipinski definition) is 2. The third-order valence-corrected chi connectivity index (χ3v) is 2.60. The minimum Gasteiger partial charge on any atom is -0.476 e. The first-order valence-corrected chi connectivity index (χ1v) is 5.53. The van der Waals surface area contributed by atoms with Gasteiger partial charge in [0.2, 0.25) is 0 Å². The van der Waals surface area contributed by atoms with Crippen molar-refractivity contribution in [2.45, 2.75) is 0 Å². The van der Waals surface area contributed by atoms with Crippen LogP contribution < -0.4 is 5.32 Å². The lowest BCUT2D eigenvalue weighted by atomic mass is 10.2. The number of nitrogens with zero attached hydrogens (tertiary/aromatic N) is 2. The fourth-order valence-corrected chi connectivity index (χ4v) is 1.75. The van der Waals surface area contributed by atoms with E-state index in [0.29, 0.717) is 5.69 Å². The minimum absolute atomic E-state index is 0.121. The second kappa shape index (κ2) is 4.41. The molecule has 2 heterocycles. The Bertz CT molecular complexity index is 746. The van der Waals surface area contributed by atoms with Crippen LogP contribution >= 0.6 is 0 Å². The Morgan fingerprint density at radius 3 is 2.89 bits per heavy atom. The summed E-state index contributed by atoms with van der Waals surface area (Å²) in [5, 5.41) is 12.7. The van der Waals surface area contributed by atoms with Crippen LogP contribution in [0.2, 0.25) is 0 Å². The van der Waals surface area contributed by atoms with Crippen molar-refractivity contribution in [1.29, 1.82) is 0 Å². The van der Waals surface area contributed by atoms with E-state index in [2.05, 4.69) is 15.3 Å². The first-order valence-electron chi connectivity index (χ1n) is 5.53. The van der Waals surface area contributed by atoms with Crippen LogP contribution in [0.15, 0.2) is 47.2 Å². The molecule has 0 aliphatic heterocycles.